The average molecular weight is 447 g/mol. The number of carbonyl (C=O) groups excluding carboxylic acids is 1. The summed E-state index contributed by atoms with van der Waals surface area (Å²) in [5, 5.41) is 1.43. The average Bonchev–Trinajstić information content (AvgIpc) is 3.23. The number of hydrogen-bond acceptors (Lipinski definition) is 3. The molecule has 0 N–H and O–H groups in total. The maximum Gasteiger partial charge on any atom is 0.140 e. The fourth-order valence-electron chi connectivity index (χ4n) is 5.24. The predicted molar refractivity (Wildman–Crippen MR) is 133 cm³/mol. The quantitative estimate of drug-likeness (QED) is 0.387. The summed E-state index contributed by atoms with van der Waals surface area (Å²) < 4.78 is 11.3. The summed E-state index contributed by atoms with van der Waals surface area (Å²) in [6.07, 6.45) is 9.24. The summed E-state index contributed by atoms with van der Waals surface area (Å²) in [6.45, 7) is 6.15. The van der Waals surface area contributed by atoms with Crippen LogP contribution in [0.5, 0.6) is 5.75 Å². The van der Waals surface area contributed by atoms with E-state index in [0.29, 0.717) is 36.9 Å². The van der Waals surface area contributed by atoms with Gasteiger partial charge in [-0.3, -0.25) is 4.79 Å². The molecule has 32 heavy (non-hydrogen) atoms. The zero-order chi connectivity index (χ0) is 22.6. The Labute approximate surface area is 193 Å². The lowest BCUT2D eigenvalue weighted by Gasteiger charge is -2.37. The van der Waals surface area contributed by atoms with Crippen molar-refractivity contribution in [3.05, 3.63) is 84.0 Å². The van der Waals surface area contributed by atoms with E-state index in [1.54, 1.807) is 7.11 Å². The van der Waals surface area contributed by atoms with Crippen molar-refractivity contribution in [3.63, 3.8) is 0 Å². The third kappa shape index (κ3) is 4.97. The van der Waals surface area contributed by atoms with E-state index >= 15 is 0 Å². The highest BCUT2D eigenvalue weighted by Crippen LogP contribution is 2.43. The maximum atomic E-state index is 13.2. The highest BCUT2D eigenvalue weighted by Gasteiger charge is 2.42. The Kier molecular flexibility index (Phi) is 7.12. The number of hydrogen-bond donors (Lipinski definition) is 0. The topological polar surface area (TPSA) is 35.5 Å². The van der Waals surface area contributed by atoms with Crippen molar-refractivity contribution in [1.29, 1.82) is 0 Å². The van der Waals surface area contributed by atoms with Crippen molar-refractivity contribution < 1.29 is 14.3 Å². The van der Waals surface area contributed by atoms with Crippen LogP contribution in [0.15, 0.2) is 78.4 Å². The van der Waals surface area contributed by atoms with Gasteiger partial charge in [0.05, 0.1) is 21.8 Å². The Morgan fingerprint density at radius 2 is 1.78 bits per heavy atom. The molecule has 0 aliphatic heterocycles. The van der Waals surface area contributed by atoms with Crippen LogP contribution in [-0.4, -0.2) is 27.6 Å². The Morgan fingerprint density at radius 3 is 2.50 bits per heavy atom. The van der Waals surface area contributed by atoms with E-state index in [0.717, 1.165) is 24.2 Å². The minimum Gasteiger partial charge on any atom is -0.497 e. The largest absolute Gasteiger partial charge is 0.497 e. The summed E-state index contributed by atoms with van der Waals surface area (Å²) in [7, 11) is -0.178. The number of carbonyl (C=O) groups is 1. The number of Topliss-reactive ketones (excluding diaryl/α,β-unsaturated/α-hetero) is 1. The van der Waals surface area contributed by atoms with Gasteiger partial charge in [0.15, 0.2) is 0 Å². The molecule has 3 atom stereocenters. The molecule has 0 amide bonds. The SMILES string of the molecule is COc1ccc(COCC[C@H]2C=C3C=CC[C@H]3C(=O)C[C@H]2[Si](C)(C)c2ccccc2)cc1. The van der Waals surface area contributed by atoms with Crippen molar-refractivity contribution in [3.8, 4) is 5.75 Å². The minimum atomic E-state index is -1.86. The second-order valence-electron chi connectivity index (χ2n) is 9.58. The van der Waals surface area contributed by atoms with Gasteiger partial charge in [-0.25, -0.2) is 0 Å². The Hall–Kier alpha value is -2.43. The van der Waals surface area contributed by atoms with Crippen LogP contribution in [0, 0.1) is 11.8 Å². The molecule has 2 aromatic rings. The zero-order valence-electron chi connectivity index (χ0n) is 19.4. The highest BCUT2D eigenvalue weighted by molar-refractivity contribution is 6.91. The van der Waals surface area contributed by atoms with Gasteiger partial charge in [-0.15, -0.1) is 0 Å². The molecule has 0 fully saturated rings. The lowest BCUT2D eigenvalue weighted by molar-refractivity contribution is -0.121. The minimum absolute atomic E-state index is 0.0725. The smallest absolute Gasteiger partial charge is 0.140 e. The third-order valence-corrected chi connectivity index (χ3v) is 11.6. The molecule has 0 unspecified atom stereocenters. The molecule has 3 nitrogen and oxygen atoms in total. The van der Waals surface area contributed by atoms with Gasteiger partial charge in [-0.1, -0.05) is 79.0 Å². The van der Waals surface area contributed by atoms with Crippen LogP contribution in [0.1, 0.15) is 24.8 Å². The number of fused-ring (bicyclic) bond motifs is 1. The molecule has 0 aromatic heterocycles. The van der Waals surface area contributed by atoms with Crippen LogP contribution in [0.25, 0.3) is 0 Å². The number of allylic oxidation sites excluding steroid dienone is 4. The van der Waals surface area contributed by atoms with E-state index < -0.39 is 8.07 Å². The number of rotatable bonds is 8. The van der Waals surface area contributed by atoms with E-state index in [1.165, 1.54) is 10.8 Å². The Balaban J connectivity index is 1.49. The van der Waals surface area contributed by atoms with Crippen molar-refractivity contribution >= 4 is 19.0 Å². The van der Waals surface area contributed by atoms with E-state index in [1.807, 2.05) is 24.3 Å². The molecular weight excluding hydrogens is 412 g/mol. The van der Waals surface area contributed by atoms with Gasteiger partial charge in [0.25, 0.3) is 0 Å². The second kappa shape index (κ2) is 10.0. The Morgan fingerprint density at radius 1 is 1.03 bits per heavy atom. The third-order valence-electron chi connectivity index (χ3n) is 7.29. The molecule has 4 heteroatoms. The predicted octanol–water partition coefficient (Wildman–Crippen LogP) is 5.68. The number of benzene rings is 2. The van der Waals surface area contributed by atoms with Gasteiger partial charge >= 0.3 is 0 Å². The lowest BCUT2D eigenvalue weighted by atomic mass is 9.96. The van der Waals surface area contributed by atoms with Gasteiger partial charge in [-0.2, -0.15) is 0 Å². The first-order chi connectivity index (χ1) is 15.5. The van der Waals surface area contributed by atoms with E-state index in [9.17, 15) is 4.79 Å². The van der Waals surface area contributed by atoms with Crippen LogP contribution >= 0.6 is 0 Å². The molecule has 2 aliphatic rings. The maximum absolute atomic E-state index is 13.2. The van der Waals surface area contributed by atoms with Gasteiger partial charge in [-0.05, 0) is 47.6 Å². The molecule has 0 bridgehead atoms. The normalized spacial score (nSPS) is 22.9. The summed E-state index contributed by atoms with van der Waals surface area (Å²) in [5.41, 5.74) is 2.76. The van der Waals surface area contributed by atoms with Crippen LogP contribution in [0.3, 0.4) is 0 Å². The molecule has 0 saturated heterocycles. The molecule has 0 spiro atoms. The van der Waals surface area contributed by atoms with Crippen molar-refractivity contribution in [2.75, 3.05) is 13.7 Å². The van der Waals surface area contributed by atoms with Gasteiger partial charge in [0.1, 0.15) is 11.5 Å². The molecular formula is C28H34O3Si. The molecule has 2 aromatic carbocycles. The molecule has 2 aliphatic carbocycles. The van der Waals surface area contributed by atoms with Crippen LogP contribution in [0.4, 0.5) is 0 Å². The lowest BCUT2D eigenvalue weighted by Crippen LogP contribution is -2.48. The van der Waals surface area contributed by atoms with E-state index in [4.69, 9.17) is 9.47 Å². The summed E-state index contributed by atoms with van der Waals surface area (Å²) in [5.74, 6) is 1.71. The number of ether oxygens (including phenoxy) is 2. The highest BCUT2D eigenvalue weighted by atomic mass is 28.3. The summed E-state index contributed by atoms with van der Waals surface area (Å²) in [6, 6.07) is 18.9. The van der Waals surface area contributed by atoms with Crippen LogP contribution in [-0.2, 0) is 16.1 Å². The fraction of sp³-hybridized carbons (Fsp3) is 0.393. The number of ketones is 1. The van der Waals surface area contributed by atoms with Gasteiger partial charge in [0, 0.05) is 18.9 Å². The van der Waals surface area contributed by atoms with Crippen LogP contribution in [0.2, 0.25) is 18.6 Å². The van der Waals surface area contributed by atoms with E-state index in [-0.39, 0.29) is 5.92 Å². The zero-order valence-corrected chi connectivity index (χ0v) is 20.4. The second-order valence-corrected chi connectivity index (χ2v) is 14.3. The Bertz CT molecular complexity index is 975. The van der Waals surface area contributed by atoms with E-state index in [2.05, 4.69) is 61.7 Å². The standard InChI is InChI=1S/C28H34O3Si/c1-30-24-14-12-21(13-15-24)20-31-17-16-23-18-22-8-7-11-26(22)27(29)19-28(23)32(2,3)25-9-5-4-6-10-25/h4-10,12-15,18,23,26,28H,11,16-17,19-20H2,1-3H3/t23-,26+,28+/m0/s1. The fourth-order valence-corrected chi connectivity index (χ4v) is 8.77. The van der Waals surface area contributed by atoms with Crippen molar-refractivity contribution in [2.45, 2.75) is 44.5 Å². The molecule has 0 saturated carbocycles. The van der Waals surface area contributed by atoms with Crippen LogP contribution < -0.4 is 9.92 Å². The molecule has 0 radical (unpaired) electrons. The monoisotopic (exact) mass is 446 g/mol. The molecule has 0 heterocycles. The van der Waals surface area contributed by atoms with Crippen molar-refractivity contribution in [1.82, 2.24) is 0 Å². The van der Waals surface area contributed by atoms with Gasteiger partial charge in [0.2, 0.25) is 0 Å². The first kappa shape index (κ1) is 22.7. The van der Waals surface area contributed by atoms with Crippen molar-refractivity contribution in [2.24, 2.45) is 11.8 Å². The first-order valence-electron chi connectivity index (χ1n) is 11.7. The molecule has 4 rings (SSSR count). The summed E-state index contributed by atoms with van der Waals surface area (Å²) in [4.78, 5) is 13.2. The summed E-state index contributed by atoms with van der Waals surface area (Å²) >= 11 is 0. The molecule has 168 valence electrons. The number of methoxy groups -OCH3 is 1. The van der Waals surface area contributed by atoms with Gasteiger partial charge < -0.3 is 9.47 Å². The first-order valence-corrected chi connectivity index (χ1v) is 14.7.